The first-order chi connectivity index (χ1) is 8.19. The number of hydrogen-bond donors (Lipinski definition) is 2. The molecule has 1 aromatic heterocycles. The molecule has 3 N–H and O–H groups in total. The summed E-state index contributed by atoms with van der Waals surface area (Å²) in [6, 6.07) is 0.499. The minimum Gasteiger partial charge on any atom is -0.480 e. The number of hydrogen-bond acceptors (Lipinski definition) is 5. The predicted molar refractivity (Wildman–Crippen MR) is 63.2 cm³/mol. The van der Waals surface area contributed by atoms with E-state index in [1.807, 2.05) is 0 Å². The monoisotopic (exact) mass is 255 g/mol. The first-order valence-electron chi connectivity index (χ1n) is 5.45. The molecule has 18 heavy (non-hydrogen) atoms. The molecule has 0 aliphatic rings. The average molecular weight is 255 g/mol. The van der Waals surface area contributed by atoms with Gasteiger partial charge in [0.2, 0.25) is 0 Å². The standard InChI is InChI=1S/C11H17N3O4/c1-11(2,3)18-10(17)14-5-4-7(13-14)6-8(12)9(15)16/h4-5,8H,6,12H2,1-3H3,(H,15,16). The third-order valence-corrected chi connectivity index (χ3v) is 1.97. The van der Waals surface area contributed by atoms with Crippen molar-refractivity contribution in [1.82, 2.24) is 9.78 Å². The maximum Gasteiger partial charge on any atom is 0.435 e. The molecule has 0 fully saturated rings. The van der Waals surface area contributed by atoms with Crippen LogP contribution in [-0.2, 0) is 16.0 Å². The number of ether oxygens (including phenoxy) is 1. The van der Waals surface area contributed by atoms with Crippen LogP contribution in [0.1, 0.15) is 26.5 Å². The Morgan fingerprint density at radius 3 is 2.67 bits per heavy atom. The molecule has 0 saturated carbocycles. The number of nitrogens with two attached hydrogens (primary N) is 1. The molecule has 0 aromatic carbocycles. The van der Waals surface area contributed by atoms with Crippen molar-refractivity contribution in [3.63, 3.8) is 0 Å². The lowest BCUT2D eigenvalue weighted by Gasteiger charge is -2.18. The fraction of sp³-hybridized carbons (Fsp3) is 0.545. The Balaban J connectivity index is 2.69. The van der Waals surface area contributed by atoms with Crippen LogP contribution in [0.4, 0.5) is 4.79 Å². The van der Waals surface area contributed by atoms with Crippen molar-refractivity contribution in [2.45, 2.75) is 38.8 Å². The van der Waals surface area contributed by atoms with Crippen LogP contribution in [0.25, 0.3) is 0 Å². The molecule has 1 atom stereocenters. The highest BCUT2D eigenvalue weighted by molar-refractivity contribution is 5.73. The van der Waals surface area contributed by atoms with Gasteiger partial charge in [-0.2, -0.15) is 9.78 Å². The second-order valence-corrected chi connectivity index (χ2v) is 4.88. The molecular formula is C11H17N3O4. The van der Waals surface area contributed by atoms with E-state index >= 15 is 0 Å². The molecule has 7 heteroatoms. The molecular weight excluding hydrogens is 238 g/mol. The Labute approximate surface area is 105 Å². The molecule has 0 aliphatic carbocycles. The van der Waals surface area contributed by atoms with Crippen LogP contribution in [0.5, 0.6) is 0 Å². The first-order valence-corrected chi connectivity index (χ1v) is 5.45. The smallest absolute Gasteiger partial charge is 0.435 e. The summed E-state index contributed by atoms with van der Waals surface area (Å²) in [6.45, 7) is 5.24. The van der Waals surface area contributed by atoms with E-state index in [9.17, 15) is 9.59 Å². The molecule has 0 bridgehead atoms. The predicted octanol–water partition coefficient (Wildman–Crippen LogP) is 0.621. The Kier molecular flexibility index (Phi) is 4.07. The van der Waals surface area contributed by atoms with Gasteiger partial charge in [0.15, 0.2) is 0 Å². The van der Waals surface area contributed by atoms with Crippen molar-refractivity contribution in [3.8, 4) is 0 Å². The molecule has 1 heterocycles. The number of rotatable bonds is 3. The summed E-state index contributed by atoms with van der Waals surface area (Å²) in [4.78, 5) is 22.2. The normalized spacial score (nSPS) is 13.1. The highest BCUT2D eigenvalue weighted by atomic mass is 16.6. The SMILES string of the molecule is CC(C)(C)OC(=O)n1ccc(CC(N)C(=O)O)n1. The number of nitrogens with zero attached hydrogens (tertiary/aromatic N) is 2. The summed E-state index contributed by atoms with van der Waals surface area (Å²) in [5.74, 6) is -1.11. The van der Waals surface area contributed by atoms with Gasteiger partial charge in [0.1, 0.15) is 11.6 Å². The Morgan fingerprint density at radius 2 is 2.17 bits per heavy atom. The molecule has 0 aliphatic heterocycles. The van der Waals surface area contributed by atoms with E-state index in [0.717, 1.165) is 4.68 Å². The van der Waals surface area contributed by atoms with E-state index in [0.29, 0.717) is 5.69 Å². The lowest BCUT2D eigenvalue weighted by atomic mass is 10.2. The highest BCUT2D eigenvalue weighted by Crippen LogP contribution is 2.09. The van der Waals surface area contributed by atoms with Crippen LogP contribution in [0.3, 0.4) is 0 Å². The molecule has 0 spiro atoms. The number of carbonyl (C=O) groups is 2. The largest absolute Gasteiger partial charge is 0.480 e. The zero-order valence-electron chi connectivity index (χ0n) is 10.6. The maximum absolute atomic E-state index is 11.6. The number of aliphatic carboxylic acids is 1. The van der Waals surface area contributed by atoms with Crippen LogP contribution < -0.4 is 5.73 Å². The average Bonchev–Trinajstić information content (AvgIpc) is 2.63. The fourth-order valence-corrected chi connectivity index (χ4v) is 1.19. The van der Waals surface area contributed by atoms with Gasteiger partial charge in [-0.3, -0.25) is 4.79 Å². The highest BCUT2D eigenvalue weighted by Gasteiger charge is 2.19. The number of carboxylic acids is 1. The number of carbonyl (C=O) groups excluding carboxylic acids is 1. The second kappa shape index (κ2) is 5.18. The van der Waals surface area contributed by atoms with E-state index in [1.165, 1.54) is 12.3 Å². The van der Waals surface area contributed by atoms with Gasteiger partial charge < -0.3 is 15.6 Å². The van der Waals surface area contributed by atoms with Gasteiger partial charge >= 0.3 is 12.1 Å². The fourth-order valence-electron chi connectivity index (χ4n) is 1.19. The van der Waals surface area contributed by atoms with Crippen LogP contribution in [0, 0.1) is 0 Å². The van der Waals surface area contributed by atoms with E-state index in [4.69, 9.17) is 15.6 Å². The van der Waals surface area contributed by atoms with Crippen LogP contribution in [0.15, 0.2) is 12.3 Å². The van der Waals surface area contributed by atoms with Gasteiger partial charge in [0.05, 0.1) is 5.69 Å². The molecule has 100 valence electrons. The van der Waals surface area contributed by atoms with Crippen molar-refractivity contribution in [3.05, 3.63) is 18.0 Å². The third kappa shape index (κ3) is 4.17. The van der Waals surface area contributed by atoms with Gasteiger partial charge in [0, 0.05) is 12.6 Å². The lowest BCUT2D eigenvalue weighted by Crippen LogP contribution is -2.32. The third-order valence-electron chi connectivity index (χ3n) is 1.97. The van der Waals surface area contributed by atoms with E-state index < -0.39 is 23.7 Å². The van der Waals surface area contributed by atoms with E-state index in [1.54, 1.807) is 20.8 Å². The molecule has 1 aromatic rings. The summed E-state index contributed by atoms with van der Waals surface area (Å²) >= 11 is 0. The van der Waals surface area contributed by atoms with Crippen molar-refractivity contribution in [1.29, 1.82) is 0 Å². The summed E-state index contributed by atoms with van der Waals surface area (Å²) in [5.41, 5.74) is 5.19. The Bertz CT molecular complexity index is 447. The summed E-state index contributed by atoms with van der Waals surface area (Å²) < 4.78 is 6.13. The molecule has 7 nitrogen and oxygen atoms in total. The van der Waals surface area contributed by atoms with Gasteiger partial charge in [-0.1, -0.05) is 0 Å². The lowest BCUT2D eigenvalue weighted by molar-refractivity contribution is -0.138. The Hall–Kier alpha value is -1.89. The second-order valence-electron chi connectivity index (χ2n) is 4.88. The number of carboxylic acid groups (broad SMARTS) is 1. The zero-order valence-corrected chi connectivity index (χ0v) is 10.6. The molecule has 0 saturated heterocycles. The van der Waals surface area contributed by atoms with Gasteiger partial charge in [-0.15, -0.1) is 0 Å². The first kappa shape index (κ1) is 14.2. The van der Waals surface area contributed by atoms with E-state index in [2.05, 4.69) is 5.10 Å². The van der Waals surface area contributed by atoms with Crippen molar-refractivity contribution < 1.29 is 19.4 Å². The maximum atomic E-state index is 11.6. The Morgan fingerprint density at radius 1 is 1.56 bits per heavy atom. The zero-order chi connectivity index (χ0) is 13.9. The molecule has 0 radical (unpaired) electrons. The van der Waals surface area contributed by atoms with Crippen LogP contribution in [-0.4, -0.2) is 38.6 Å². The minimum absolute atomic E-state index is 0.0606. The van der Waals surface area contributed by atoms with Crippen molar-refractivity contribution >= 4 is 12.1 Å². The van der Waals surface area contributed by atoms with Gasteiger partial charge in [-0.25, -0.2) is 4.79 Å². The number of aromatic nitrogens is 2. The van der Waals surface area contributed by atoms with E-state index in [-0.39, 0.29) is 6.42 Å². The van der Waals surface area contributed by atoms with Crippen molar-refractivity contribution in [2.24, 2.45) is 5.73 Å². The molecule has 0 amide bonds. The van der Waals surface area contributed by atoms with Gasteiger partial charge in [0.25, 0.3) is 0 Å². The molecule has 1 unspecified atom stereocenters. The molecule has 1 rings (SSSR count). The van der Waals surface area contributed by atoms with Crippen LogP contribution >= 0.6 is 0 Å². The van der Waals surface area contributed by atoms with Gasteiger partial charge in [-0.05, 0) is 26.8 Å². The quantitative estimate of drug-likeness (QED) is 0.819. The minimum atomic E-state index is -1.11. The topological polar surface area (TPSA) is 107 Å². The van der Waals surface area contributed by atoms with Crippen molar-refractivity contribution in [2.75, 3.05) is 0 Å². The summed E-state index contributed by atoms with van der Waals surface area (Å²) in [6.07, 6.45) is 0.862. The summed E-state index contributed by atoms with van der Waals surface area (Å²) in [5, 5.41) is 12.6. The van der Waals surface area contributed by atoms with Crippen LogP contribution in [0.2, 0.25) is 0 Å². The summed E-state index contributed by atoms with van der Waals surface area (Å²) in [7, 11) is 0.